The van der Waals surface area contributed by atoms with Crippen LogP contribution in [0, 0.1) is 0 Å². The highest BCUT2D eigenvalue weighted by atomic mass is 32.2. The highest BCUT2D eigenvalue weighted by Crippen LogP contribution is 2.39. The number of primary amides is 1. The third-order valence-electron chi connectivity index (χ3n) is 17.9. The van der Waals surface area contributed by atoms with E-state index >= 15 is 0 Å². The predicted molar refractivity (Wildman–Crippen MR) is 463 cm³/mol. The van der Waals surface area contributed by atoms with Crippen LogP contribution >= 0.6 is 0 Å². The number of nitrogens with one attached hydrogen (secondary N) is 6. The lowest BCUT2D eigenvalue weighted by molar-refractivity contribution is 0.0956. The Labute approximate surface area is 725 Å². The molecule has 4 aromatic heterocycles. The van der Waals surface area contributed by atoms with Crippen molar-refractivity contribution >= 4 is 174 Å². The predicted octanol–water partition coefficient (Wildman–Crippen LogP) is 9.03. The lowest BCUT2D eigenvalue weighted by atomic mass is 10.1. The number of sulfone groups is 5. The second-order valence-electron chi connectivity index (χ2n) is 27.1. The number of nitrogens with two attached hydrogens (primary N) is 1. The molecular weight excluding hydrogens is 1830 g/mol. The first-order valence-electron chi connectivity index (χ1n) is 36.1. The zero-order chi connectivity index (χ0) is 92.2. The summed E-state index contributed by atoms with van der Waals surface area (Å²) >= 11 is 0. The van der Waals surface area contributed by atoms with Crippen molar-refractivity contribution in [2.75, 3.05) is 48.5 Å². The van der Waals surface area contributed by atoms with E-state index < -0.39 is 113 Å². The van der Waals surface area contributed by atoms with E-state index in [0.29, 0.717) is 27.8 Å². The largest absolute Gasteiger partial charge is 0.378 e. The highest BCUT2D eigenvalue weighted by Gasteiger charge is 2.33. The van der Waals surface area contributed by atoms with Gasteiger partial charge in [0.25, 0.3) is 23.6 Å². The smallest absolute Gasteiger partial charge is 0.339 e. The average molecular weight is 1900 g/mol. The normalized spacial score (nSPS) is 12.1. The molecule has 0 spiro atoms. The van der Waals surface area contributed by atoms with Gasteiger partial charge in [-0.3, -0.25) is 44.5 Å². The van der Waals surface area contributed by atoms with E-state index in [-0.39, 0.29) is 123 Å². The minimum absolute atomic E-state index is 0.00237. The molecule has 4 amide bonds. The van der Waals surface area contributed by atoms with Gasteiger partial charge in [-0.2, -0.15) is 54.1 Å². The van der Waals surface area contributed by atoms with Gasteiger partial charge in [0.1, 0.15) is 39.2 Å². The number of aromatic nitrogens is 8. The molecule has 38 nitrogen and oxygen atoms in total. The van der Waals surface area contributed by atoms with Crippen molar-refractivity contribution in [1.82, 2.24) is 46.1 Å². The first kappa shape index (κ1) is 92.1. The maximum Gasteiger partial charge on any atom is 0.339 e. The number of carbonyl (C=O) groups excluding carboxylic acids is 4. The number of aromatic amines is 4. The van der Waals surface area contributed by atoms with Gasteiger partial charge in [-0.15, -0.1) is 0 Å². The summed E-state index contributed by atoms with van der Waals surface area (Å²) in [5, 5.41) is 32.5. The standard InChI is InChI=1S/C28H23N3O8S3.C21H17N3O6S2.C16H15N3O6S2.C15H13N3O6S2/c1-40(33,34)25-14-8-6-12-23(25)31(28(32)19-10-4-3-5-11-19)27-21-18-20(16-17-22(21)29-30-27)42(37,38)39-24-13-7-9-15-26(24)41(2,35)36;1-31(26,27)19-10-6-5-9-18(19)30-32(28,29)15-11-12-17-16(13-15)20(24-23-17)21(25)22-14-7-3-2-4-8-14;1-17-16(20)15-11-9-10(7-8-12(11)18-19-15)27(23,24)25-13-5-3-4-6-14(13)26(2,21)22;1-25(20,21)13-5-3-2-4-12(13)24-26(22,23)9-6-7-11-10(8-9)14(15(16)19)18-17-11/h3-18H,1-2H3,(H,29,30);2-13H,1H3,(H,22,25)(H,23,24);3-9H,1-2H3,(H,17,20)(H,18,19);2-8H,1H3,(H2,16,19)(H,17,18). The number of fused-ring (bicyclic) bond motifs is 4. The van der Waals surface area contributed by atoms with Gasteiger partial charge >= 0.3 is 40.5 Å². The van der Waals surface area contributed by atoms with Gasteiger partial charge in [0.15, 0.2) is 95.1 Å². The third kappa shape index (κ3) is 21.1. The molecule has 15 rings (SSSR count). The van der Waals surface area contributed by atoms with E-state index in [1.54, 1.807) is 66.7 Å². The fourth-order valence-electron chi connectivity index (χ4n) is 12.1. The van der Waals surface area contributed by atoms with Crippen molar-refractivity contribution in [3.8, 4) is 23.0 Å². The maximum atomic E-state index is 13.9. The Morgan fingerprint density at radius 1 is 0.323 bits per heavy atom. The molecule has 0 saturated heterocycles. The number of nitrogens with zero attached hydrogens (tertiary/aromatic N) is 5. The molecule has 11 aromatic carbocycles. The molecule has 0 aliphatic heterocycles. The number of H-pyrrole nitrogens is 4. The van der Waals surface area contributed by atoms with Crippen molar-refractivity contribution in [2.24, 2.45) is 5.73 Å². The molecule has 0 bridgehead atoms. The molecule has 0 aliphatic carbocycles. The zero-order valence-corrected chi connectivity index (χ0v) is 73.7. The first-order chi connectivity index (χ1) is 59.6. The number of benzene rings is 11. The summed E-state index contributed by atoms with van der Waals surface area (Å²) in [4.78, 5) is 48.5. The maximum absolute atomic E-state index is 13.9. The summed E-state index contributed by atoms with van der Waals surface area (Å²) in [5.41, 5.74) is 7.55. The van der Waals surface area contributed by atoms with Gasteiger partial charge in [-0.1, -0.05) is 97.1 Å². The number of hydrogen-bond acceptors (Lipinski definition) is 30. The van der Waals surface area contributed by atoms with Crippen LogP contribution in [0.3, 0.4) is 0 Å². The molecule has 658 valence electrons. The van der Waals surface area contributed by atoms with Gasteiger partial charge in [0, 0.05) is 71.1 Å². The van der Waals surface area contributed by atoms with E-state index in [1.807, 2.05) is 0 Å². The number of amides is 4. The lowest BCUT2D eigenvalue weighted by Gasteiger charge is -2.23. The number of para-hydroxylation sites is 6. The quantitative estimate of drug-likeness (QED) is 0.0277. The fraction of sp³-hybridized carbons (Fsp3) is 0.0750. The Morgan fingerprint density at radius 3 is 0.953 bits per heavy atom. The van der Waals surface area contributed by atoms with Gasteiger partial charge < -0.3 is 33.1 Å². The molecule has 47 heteroatoms. The van der Waals surface area contributed by atoms with Gasteiger partial charge in [-0.25, -0.2) is 42.1 Å². The minimum atomic E-state index is -4.58. The van der Waals surface area contributed by atoms with Crippen molar-refractivity contribution < 1.29 is 112 Å². The third-order valence-corrected chi connectivity index (χ3v) is 28.5. The Balaban J connectivity index is 0.000000157. The molecule has 0 unspecified atom stereocenters. The number of hydrogen-bond donors (Lipinski definition) is 7. The fourth-order valence-corrected chi connectivity index (χ4v) is 20.2. The van der Waals surface area contributed by atoms with Crippen LogP contribution in [0.1, 0.15) is 41.8 Å². The lowest BCUT2D eigenvalue weighted by Crippen LogP contribution is -2.28. The monoisotopic (exact) mass is 1900 g/mol. The molecular formula is C80H68N12O26S9. The van der Waals surface area contributed by atoms with E-state index in [2.05, 4.69) is 51.4 Å². The molecule has 0 aliphatic rings. The van der Waals surface area contributed by atoms with Crippen molar-refractivity contribution in [3.05, 3.63) is 277 Å². The molecule has 127 heavy (non-hydrogen) atoms. The summed E-state index contributed by atoms with van der Waals surface area (Å²) in [7, 11) is -35.0. The number of carbonyl (C=O) groups is 4. The van der Waals surface area contributed by atoms with Gasteiger partial charge in [0.2, 0.25) is 0 Å². The van der Waals surface area contributed by atoms with Crippen molar-refractivity contribution in [1.29, 1.82) is 0 Å². The highest BCUT2D eigenvalue weighted by molar-refractivity contribution is 7.92. The summed E-state index contributed by atoms with van der Waals surface area (Å²) in [6.07, 6.45) is 4.79. The molecule has 0 atom stereocenters. The van der Waals surface area contributed by atoms with Gasteiger partial charge in [-0.05, 0) is 158 Å². The first-order valence-corrected chi connectivity index (χ1v) is 51.2. The molecule has 4 heterocycles. The van der Waals surface area contributed by atoms with Crippen LogP contribution in [0.15, 0.2) is 299 Å². The molecule has 0 fully saturated rings. The average Bonchev–Trinajstić information content (AvgIpc) is 1.64. The molecule has 0 saturated carbocycles. The van der Waals surface area contributed by atoms with Crippen LogP contribution in [0.25, 0.3) is 43.6 Å². The van der Waals surface area contributed by atoms with Crippen LogP contribution in [0.4, 0.5) is 17.2 Å². The Hall–Kier alpha value is -14.1. The molecule has 0 radical (unpaired) electrons. The van der Waals surface area contributed by atoms with Crippen LogP contribution in [0.5, 0.6) is 23.0 Å². The van der Waals surface area contributed by atoms with E-state index in [9.17, 15) is 94.9 Å². The minimum Gasteiger partial charge on any atom is -0.378 e. The van der Waals surface area contributed by atoms with Crippen LogP contribution in [-0.4, -0.2) is 179 Å². The van der Waals surface area contributed by atoms with E-state index in [4.69, 9.17) is 22.5 Å². The van der Waals surface area contributed by atoms with E-state index in [0.717, 1.165) is 36.2 Å². The van der Waals surface area contributed by atoms with Crippen molar-refractivity contribution in [2.45, 2.75) is 44.1 Å². The summed E-state index contributed by atoms with van der Waals surface area (Å²) in [6, 6.07) is 59.8. The van der Waals surface area contributed by atoms with Crippen molar-refractivity contribution in [3.63, 3.8) is 0 Å². The van der Waals surface area contributed by atoms with Crippen LogP contribution < -0.4 is 38.0 Å². The topological polar surface area (TPSA) is 580 Å². The van der Waals surface area contributed by atoms with Crippen LogP contribution in [0.2, 0.25) is 0 Å². The second kappa shape index (κ2) is 36.2. The molecule has 8 N–H and O–H groups in total. The van der Waals surface area contributed by atoms with E-state index in [1.165, 1.54) is 195 Å². The molecule has 15 aromatic rings. The Kier molecular flexibility index (Phi) is 26.3. The number of anilines is 3. The van der Waals surface area contributed by atoms with Crippen LogP contribution in [-0.2, 0) is 89.7 Å². The summed E-state index contributed by atoms with van der Waals surface area (Å²) in [6.45, 7) is 0. The zero-order valence-electron chi connectivity index (χ0n) is 66.4. The Bertz CT molecular complexity index is 8020. The second-order valence-corrected chi connectivity index (χ2v) is 43.2. The van der Waals surface area contributed by atoms with Gasteiger partial charge in [0.05, 0.1) is 32.6 Å². The number of rotatable bonds is 24. The summed E-state index contributed by atoms with van der Waals surface area (Å²) < 4.78 is 244. The Morgan fingerprint density at radius 2 is 0.606 bits per heavy atom. The SMILES string of the molecule is CNC(=O)c1n[nH]c2ccc(S(=O)(=O)Oc3ccccc3S(C)(=O)=O)cc12.CS(=O)(=O)c1ccccc1OS(=O)(=O)c1ccc2[nH]nc(C(=O)Nc3ccccc3)c2c1.CS(=O)(=O)c1ccccc1OS(=O)(=O)c1ccc2[nH]nc(C(N)=O)c2c1.CS(=O)(=O)c1ccccc1OS(=O)(=O)c1ccc2[nH]nc(N(C(=O)c3ccccc3)c3ccccc3S(C)(=O)=O)c2c1. The summed E-state index contributed by atoms with van der Waals surface area (Å²) in [5.74, 6) is -3.85.